The summed E-state index contributed by atoms with van der Waals surface area (Å²) in [5, 5.41) is 11.5. The summed E-state index contributed by atoms with van der Waals surface area (Å²) in [6.07, 6.45) is 3.43. The summed E-state index contributed by atoms with van der Waals surface area (Å²) in [6, 6.07) is 12.2. The Morgan fingerprint density at radius 2 is 1.85 bits per heavy atom. The first kappa shape index (κ1) is 24.0. The molecule has 0 bridgehead atoms. The molecular weight excluding hydrogens is 479 g/mol. The first-order valence-electron chi connectivity index (χ1n) is 10.9. The molecule has 4 rings (SSSR count). The smallest absolute Gasteiger partial charge is 0.319 e. The van der Waals surface area contributed by atoms with Crippen molar-refractivity contribution in [2.75, 3.05) is 5.32 Å². The van der Waals surface area contributed by atoms with Crippen molar-refractivity contribution in [3.63, 3.8) is 0 Å². The lowest BCUT2D eigenvalue weighted by atomic mass is 9.90. The molecule has 10 heteroatoms. The lowest BCUT2D eigenvalue weighted by molar-refractivity contribution is 0.0911. The molecule has 2 aromatic carbocycles. The third kappa shape index (κ3) is 6.45. The van der Waals surface area contributed by atoms with E-state index in [0.717, 1.165) is 25.7 Å². The van der Waals surface area contributed by atoms with E-state index in [1.165, 1.54) is 23.5 Å². The van der Waals surface area contributed by atoms with Crippen LogP contribution in [0, 0.1) is 5.82 Å². The van der Waals surface area contributed by atoms with E-state index in [1.54, 1.807) is 41.8 Å². The minimum Gasteiger partial charge on any atom is -0.483 e. The maximum atomic E-state index is 13.7. The topological polar surface area (TPSA) is 92.4 Å². The van der Waals surface area contributed by atoms with Gasteiger partial charge in [-0.15, -0.1) is 11.3 Å². The summed E-state index contributed by atoms with van der Waals surface area (Å²) >= 11 is 7.24. The van der Waals surface area contributed by atoms with Crippen LogP contribution in [-0.4, -0.2) is 29.0 Å². The molecule has 0 aliphatic heterocycles. The van der Waals surface area contributed by atoms with Crippen molar-refractivity contribution in [3.05, 3.63) is 75.5 Å². The number of amides is 3. The number of carbonyl (C=O) groups excluding carboxylic acids is 2. The molecule has 0 radical (unpaired) electrons. The summed E-state index contributed by atoms with van der Waals surface area (Å²) in [7, 11) is 0. The first-order valence-corrected chi connectivity index (χ1v) is 12.2. The quantitative estimate of drug-likeness (QED) is 0.404. The second-order valence-electron chi connectivity index (χ2n) is 7.93. The van der Waals surface area contributed by atoms with Crippen LogP contribution in [0.1, 0.15) is 41.2 Å². The Kier molecular flexibility index (Phi) is 7.97. The first-order chi connectivity index (χ1) is 16.5. The average molecular weight is 503 g/mol. The van der Waals surface area contributed by atoms with E-state index >= 15 is 0 Å². The van der Waals surface area contributed by atoms with Gasteiger partial charge in [0.1, 0.15) is 17.3 Å². The third-order valence-corrected chi connectivity index (χ3v) is 6.51. The fraction of sp³-hybridized carbons (Fsp3) is 0.292. The second-order valence-corrected chi connectivity index (χ2v) is 9.30. The molecule has 1 saturated carbocycles. The van der Waals surface area contributed by atoms with Gasteiger partial charge in [-0.3, -0.25) is 4.79 Å². The van der Waals surface area contributed by atoms with Gasteiger partial charge in [0.05, 0.1) is 6.04 Å². The molecule has 1 aliphatic rings. The highest BCUT2D eigenvalue weighted by molar-refractivity contribution is 7.09. The Labute approximate surface area is 205 Å². The van der Waals surface area contributed by atoms with Crippen LogP contribution >= 0.6 is 22.9 Å². The van der Waals surface area contributed by atoms with Gasteiger partial charge in [0.25, 0.3) is 5.91 Å². The van der Waals surface area contributed by atoms with E-state index in [4.69, 9.17) is 16.3 Å². The average Bonchev–Trinajstić information content (AvgIpc) is 3.29. The third-order valence-electron chi connectivity index (χ3n) is 5.45. The summed E-state index contributed by atoms with van der Waals surface area (Å²) in [4.78, 5) is 29.6. The van der Waals surface area contributed by atoms with Crippen LogP contribution in [-0.2, 0) is 6.61 Å². The van der Waals surface area contributed by atoms with E-state index in [0.29, 0.717) is 15.7 Å². The van der Waals surface area contributed by atoms with Crippen molar-refractivity contribution in [1.82, 2.24) is 15.6 Å². The van der Waals surface area contributed by atoms with Gasteiger partial charge in [-0.25, -0.2) is 14.2 Å². The number of benzene rings is 2. The summed E-state index contributed by atoms with van der Waals surface area (Å²) in [5.41, 5.74) is 0.860. The SMILES string of the molecule is O=C(Nc1cccc(Cl)c1)N[C@@H]1CCCC[C@H]1NC(=O)c1csc(COc2ccccc2F)n1. The van der Waals surface area contributed by atoms with Crippen LogP contribution in [0.5, 0.6) is 5.75 Å². The molecule has 1 fully saturated rings. The maximum absolute atomic E-state index is 13.7. The van der Waals surface area contributed by atoms with Gasteiger partial charge in [0.15, 0.2) is 11.6 Å². The highest BCUT2D eigenvalue weighted by Gasteiger charge is 2.28. The highest BCUT2D eigenvalue weighted by atomic mass is 35.5. The molecule has 178 valence electrons. The molecule has 0 saturated heterocycles. The number of urea groups is 1. The van der Waals surface area contributed by atoms with Gasteiger partial charge >= 0.3 is 6.03 Å². The van der Waals surface area contributed by atoms with Gasteiger partial charge in [-0.1, -0.05) is 42.6 Å². The van der Waals surface area contributed by atoms with Crippen LogP contribution < -0.4 is 20.7 Å². The molecule has 1 aliphatic carbocycles. The number of halogens is 2. The van der Waals surface area contributed by atoms with Gasteiger partial charge in [0, 0.05) is 22.1 Å². The molecule has 1 heterocycles. The van der Waals surface area contributed by atoms with E-state index in [2.05, 4.69) is 20.9 Å². The van der Waals surface area contributed by atoms with Crippen molar-refractivity contribution in [2.45, 2.75) is 44.4 Å². The minimum absolute atomic E-state index is 0.0656. The summed E-state index contributed by atoms with van der Waals surface area (Å²) < 4.78 is 19.2. The molecule has 2 atom stereocenters. The predicted molar refractivity (Wildman–Crippen MR) is 130 cm³/mol. The fourth-order valence-electron chi connectivity index (χ4n) is 3.80. The Hall–Kier alpha value is -3.17. The van der Waals surface area contributed by atoms with Crippen LogP contribution in [0.2, 0.25) is 5.02 Å². The van der Waals surface area contributed by atoms with Crippen LogP contribution in [0.3, 0.4) is 0 Å². The van der Waals surface area contributed by atoms with Crippen molar-refractivity contribution in [1.29, 1.82) is 0 Å². The number of nitrogens with one attached hydrogen (secondary N) is 3. The molecule has 7 nitrogen and oxygen atoms in total. The van der Waals surface area contributed by atoms with Crippen LogP contribution in [0.15, 0.2) is 53.9 Å². The van der Waals surface area contributed by atoms with Crippen molar-refractivity contribution < 1.29 is 18.7 Å². The zero-order chi connectivity index (χ0) is 23.9. The molecule has 34 heavy (non-hydrogen) atoms. The van der Waals surface area contributed by atoms with E-state index in [1.807, 2.05) is 0 Å². The van der Waals surface area contributed by atoms with Gasteiger partial charge in [-0.2, -0.15) is 0 Å². The number of carbonyl (C=O) groups is 2. The lowest BCUT2D eigenvalue weighted by Gasteiger charge is -2.32. The van der Waals surface area contributed by atoms with Crippen molar-refractivity contribution >= 4 is 40.6 Å². The van der Waals surface area contributed by atoms with E-state index in [-0.39, 0.29) is 42.1 Å². The zero-order valence-corrected chi connectivity index (χ0v) is 19.8. The number of para-hydroxylation sites is 1. The number of anilines is 1. The monoisotopic (exact) mass is 502 g/mol. The Morgan fingerprint density at radius 3 is 2.62 bits per heavy atom. The predicted octanol–water partition coefficient (Wildman–Crippen LogP) is 5.38. The van der Waals surface area contributed by atoms with Crippen LogP contribution in [0.25, 0.3) is 0 Å². The minimum atomic E-state index is -0.452. The zero-order valence-electron chi connectivity index (χ0n) is 18.2. The Balaban J connectivity index is 1.32. The Bertz CT molecular complexity index is 1160. The molecule has 3 amide bonds. The van der Waals surface area contributed by atoms with E-state index in [9.17, 15) is 14.0 Å². The largest absolute Gasteiger partial charge is 0.483 e. The number of aromatic nitrogens is 1. The molecular formula is C24H24ClFN4O3S. The maximum Gasteiger partial charge on any atom is 0.319 e. The number of thiazole rings is 1. The molecule has 0 spiro atoms. The number of ether oxygens (including phenoxy) is 1. The van der Waals surface area contributed by atoms with Gasteiger partial charge < -0.3 is 20.7 Å². The lowest BCUT2D eigenvalue weighted by Crippen LogP contribution is -2.54. The van der Waals surface area contributed by atoms with Crippen molar-refractivity contribution in [2.24, 2.45) is 0 Å². The molecule has 0 unspecified atom stereocenters. The highest BCUT2D eigenvalue weighted by Crippen LogP contribution is 2.22. The normalized spacial score (nSPS) is 17.6. The second kappa shape index (κ2) is 11.3. The number of hydrogen-bond donors (Lipinski definition) is 3. The van der Waals surface area contributed by atoms with Crippen molar-refractivity contribution in [3.8, 4) is 5.75 Å². The summed E-state index contributed by atoms with van der Waals surface area (Å²) in [5.74, 6) is -0.634. The Morgan fingerprint density at radius 1 is 1.09 bits per heavy atom. The fourth-order valence-corrected chi connectivity index (χ4v) is 4.68. The molecule has 3 N–H and O–H groups in total. The molecule has 1 aromatic heterocycles. The number of rotatable bonds is 7. The van der Waals surface area contributed by atoms with Gasteiger partial charge in [-0.05, 0) is 43.2 Å². The summed E-state index contributed by atoms with van der Waals surface area (Å²) in [6.45, 7) is 0.0656. The number of nitrogens with zero attached hydrogens (tertiary/aromatic N) is 1. The molecule has 3 aromatic rings. The van der Waals surface area contributed by atoms with Crippen LogP contribution in [0.4, 0.5) is 14.9 Å². The number of hydrogen-bond acceptors (Lipinski definition) is 5. The van der Waals surface area contributed by atoms with E-state index < -0.39 is 5.82 Å². The standard InChI is InChI=1S/C24H24ClFN4O3S/c25-15-6-5-7-16(12-15)27-24(32)30-19-10-3-2-9-18(19)29-23(31)20-14-34-22(28-20)13-33-21-11-4-1-8-17(21)26/h1,4-8,11-12,14,18-19H,2-3,9-10,13H2,(H,29,31)(H2,27,30,32)/t18-,19-/m1/s1. The van der Waals surface area contributed by atoms with Gasteiger partial charge in [0.2, 0.25) is 0 Å².